The van der Waals surface area contributed by atoms with E-state index >= 15 is 0 Å². The van der Waals surface area contributed by atoms with Crippen molar-refractivity contribution in [3.8, 4) is 44.5 Å². The zero-order valence-corrected chi connectivity index (χ0v) is 30.7. The highest BCUT2D eigenvalue weighted by Crippen LogP contribution is 2.52. The first-order chi connectivity index (χ1) is 25.8. The topological polar surface area (TPSA) is 3.24 Å². The minimum atomic E-state index is -0.112. The van der Waals surface area contributed by atoms with Gasteiger partial charge in [0.05, 0.1) is 0 Å². The maximum Gasteiger partial charge on any atom is 0.0473 e. The monoisotopic (exact) mass is 679 g/mol. The van der Waals surface area contributed by atoms with Crippen LogP contribution in [0, 0.1) is 0 Å². The third-order valence-corrected chi connectivity index (χ3v) is 12.0. The van der Waals surface area contributed by atoms with Gasteiger partial charge in [-0.25, -0.2) is 0 Å². The number of hydrogen-bond acceptors (Lipinski definition) is 1. The van der Waals surface area contributed by atoms with Crippen molar-refractivity contribution in [2.24, 2.45) is 0 Å². The predicted octanol–water partition coefficient (Wildman–Crippen LogP) is 14.3. The molecule has 0 aliphatic heterocycles. The summed E-state index contributed by atoms with van der Waals surface area (Å²) in [6, 6.07) is 65.4. The maximum atomic E-state index is 2.48. The molecule has 2 aliphatic rings. The fraction of sp³-hybridized carbons (Fsp3) is 0.115. The van der Waals surface area contributed by atoms with Crippen molar-refractivity contribution in [1.82, 2.24) is 0 Å². The van der Waals surface area contributed by atoms with Crippen molar-refractivity contribution in [3.63, 3.8) is 0 Å². The lowest BCUT2D eigenvalue weighted by atomic mass is 9.82. The number of nitrogens with zero attached hydrogens (tertiary/aromatic N) is 1. The Morgan fingerprint density at radius 3 is 1.42 bits per heavy atom. The van der Waals surface area contributed by atoms with Gasteiger partial charge < -0.3 is 4.90 Å². The highest BCUT2D eigenvalue weighted by molar-refractivity contribution is 5.97. The Morgan fingerprint density at radius 2 is 0.792 bits per heavy atom. The number of anilines is 3. The van der Waals surface area contributed by atoms with Gasteiger partial charge in [-0.2, -0.15) is 0 Å². The quantitative estimate of drug-likeness (QED) is 0.175. The van der Waals surface area contributed by atoms with Gasteiger partial charge in [0.25, 0.3) is 0 Å². The molecule has 0 atom stereocenters. The molecule has 8 aromatic rings. The van der Waals surface area contributed by atoms with Crippen LogP contribution < -0.4 is 4.90 Å². The molecule has 0 saturated carbocycles. The molecule has 0 amide bonds. The van der Waals surface area contributed by atoms with Crippen LogP contribution in [-0.2, 0) is 10.8 Å². The van der Waals surface area contributed by atoms with Gasteiger partial charge in [0.15, 0.2) is 0 Å². The molecule has 0 saturated heterocycles. The third-order valence-electron chi connectivity index (χ3n) is 12.0. The second-order valence-electron chi connectivity index (χ2n) is 15.8. The number of benzene rings is 8. The average molecular weight is 680 g/mol. The van der Waals surface area contributed by atoms with Crippen molar-refractivity contribution in [3.05, 3.63) is 198 Å². The van der Waals surface area contributed by atoms with Crippen LogP contribution in [0.4, 0.5) is 17.1 Å². The summed E-state index contributed by atoms with van der Waals surface area (Å²) >= 11 is 0. The highest BCUT2D eigenvalue weighted by Gasteiger charge is 2.37. The first kappa shape index (κ1) is 31.5. The molecule has 1 nitrogen and oxygen atoms in total. The Balaban J connectivity index is 1.21. The molecule has 0 radical (unpaired) electrons. The normalized spacial score (nSPS) is 14.3. The van der Waals surface area contributed by atoms with Crippen LogP contribution in [0.1, 0.15) is 49.9 Å². The molecule has 0 heterocycles. The largest absolute Gasteiger partial charge is 0.310 e. The molecule has 254 valence electrons. The van der Waals surface area contributed by atoms with Crippen LogP contribution in [0.25, 0.3) is 55.3 Å². The van der Waals surface area contributed by atoms with Crippen molar-refractivity contribution in [2.45, 2.75) is 38.5 Å². The fourth-order valence-electron chi connectivity index (χ4n) is 9.19. The molecular formula is C52H41N. The van der Waals surface area contributed by atoms with E-state index in [1.54, 1.807) is 0 Å². The second kappa shape index (κ2) is 11.7. The Bertz CT molecular complexity index is 2660. The van der Waals surface area contributed by atoms with E-state index in [0.29, 0.717) is 0 Å². The van der Waals surface area contributed by atoms with E-state index in [0.717, 1.165) is 17.1 Å². The molecule has 0 fully saturated rings. The molecule has 10 rings (SSSR count). The van der Waals surface area contributed by atoms with Gasteiger partial charge in [0.2, 0.25) is 0 Å². The zero-order valence-electron chi connectivity index (χ0n) is 30.7. The van der Waals surface area contributed by atoms with Crippen LogP contribution in [0.15, 0.2) is 176 Å². The third kappa shape index (κ3) is 4.91. The first-order valence-corrected chi connectivity index (χ1v) is 18.8. The van der Waals surface area contributed by atoms with Crippen LogP contribution in [-0.4, -0.2) is 0 Å². The molecule has 0 aromatic heterocycles. The van der Waals surface area contributed by atoms with E-state index in [1.807, 2.05) is 0 Å². The lowest BCUT2D eigenvalue weighted by molar-refractivity contribution is 0.660. The van der Waals surface area contributed by atoms with Crippen LogP contribution in [0.2, 0.25) is 0 Å². The van der Waals surface area contributed by atoms with E-state index in [2.05, 4.69) is 209 Å². The van der Waals surface area contributed by atoms with Crippen LogP contribution in [0.5, 0.6) is 0 Å². The summed E-state index contributed by atoms with van der Waals surface area (Å²) in [5, 5.41) is 2.51. The van der Waals surface area contributed by atoms with Crippen LogP contribution >= 0.6 is 0 Å². The summed E-state index contributed by atoms with van der Waals surface area (Å²) in [6.45, 7) is 9.46. The number of fused-ring (bicyclic) bond motifs is 7. The van der Waals surface area contributed by atoms with Gasteiger partial charge in [0, 0.05) is 27.9 Å². The summed E-state index contributed by atoms with van der Waals surface area (Å²) in [5.74, 6) is 0. The van der Waals surface area contributed by atoms with E-state index < -0.39 is 0 Å². The van der Waals surface area contributed by atoms with Gasteiger partial charge >= 0.3 is 0 Å². The van der Waals surface area contributed by atoms with E-state index in [9.17, 15) is 0 Å². The molecular weight excluding hydrogens is 639 g/mol. The molecule has 0 spiro atoms. The van der Waals surface area contributed by atoms with E-state index in [1.165, 1.54) is 77.5 Å². The lowest BCUT2D eigenvalue weighted by Crippen LogP contribution is -2.16. The van der Waals surface area contributed by atoms with E-state index in [4.69, 9.17) is 0 Å². The second-order valence-corrected chi connectivity index (χ2v) is 15.8. The summed E-state index contributed by atoms with van der Waals surface area (Å²) in [5.41, 5.74) is 19.0. The SMILES string of the molecule is CC1(C)c2ccccc2-c2ccc(N(c3cc(-c4ccccc4)cc(-c4ccccc4)c3)c3ccc4cc5c(cc4c3)C(C)(C)c3ccccc3-5)cc21. The smallest absolute Gasteiger partial charge is 0.0473 e. The van der Waals surface area contributed by atoms with Gasteiger partial charge in [-0.1, -0.05) is 149 Å². The van der Waals surface area contributed by atoms with Gasteiger partial charge in [-0.3, -0.25) is 0 Å². The molecule has 2 aliphatic carbocycles. The summed E-state index contributed by atoms with van der Waals surface area (Å²) < 4.78 is 0. The van der Waals surface area contributed by atoms with E-state index in [-0.39, 0.29) is 10.8 Å². The fourth-order valence-corrected chi connectivity index (χ4v) is 9.19. The van der Waals surface area contributed by atoms with Crippen molar-refractivity contribution in [1.29, 1.82) is 0 Å². The Kier molecular flexibility index (Phi) is 6.94. The first-order valence-electron chi connectivity index (χ1n) is 18.8. The van der Waals surface area contributed by atoms with Crippen molar-refractivity contribution in [2.75, 3.05) is 4.90 Å². The average Bonchev–Trinajstić information content (AvgIpc) is 3.56. The maximum absolute atomic E-state index is 2.48. The standard InChI is InChI=1S/C52H41N/c1-51(2)48-22-14-12-20-44(48)46-31-36-23-24-40(28-39(36)32-49(46)51)53(41-25-26-45-43-19-11-13-21-47(43)52(3,4)50(45)33-41)42-29-37(34-15-7-5-8-16-34)27-38(30-42)35-17-9-6-10-18-35/h5-33H,1-4H3. The molecule has 0 unspecified atom stereocenters. The Labute approximate surface area is 312 Å². The number of rotatable bonds is 5. The highest BCUT2D eigenvalue weighted by atomic mass is 15.1. The molecule has 0 bridgehead atoms. The minimum absolute atomic E-state index is 0.0645. The van der Waals surface area contributed by atoms with Gasteiger partial charge in [-0.15, -0.1) is 0 Å². The molecule has 8 aromatic carbocycles. The predicted molar refractivity (Wildman–Crippen MR) is 225 cm³/mol. The molecule has 53 heavy (non-hydrogen) atoms. The van der Waals surface area contributed by atoms with Crippen molar-refractivity contribution >= 4 is 27.8 Å². The van der Waals surface area contributed by atoms with Crippen molar-refractivity contribution < 1.29 is 0 Å². The lowest BCUT2D eigenvalue weighted by Gasteiger charge is -2.29. The molecule has 0 N–H and O–H groups in total. The molecule has 1 heteroatoms. The summed E-state index contributed by atoms with van der Waals surface area (Å²) in [6.07, 6.45) is 0. The minimum Gasteiger partial charge on any atom is -0.310 e. The Morgan fingerprint density at radius 1 is 0.302 bits per heavy atom. The van der Waals surface area contributed by atoms with Gasteiger partial charge in [-0.05, 0) is 132 Å². The Hall–Kier alpha value is -6.18. The number of hydrogen-bond donors (Lipinski definition) is 0. The zero-order chi connectivity index (χ0) is 35.9. The van der Waals surface area contributed by atoms with Crippen LogP contribution in [0.3, 0.4) is 0 Å². The summed E-state index contributed by atoms with van der Waals surface area (Å²) in [7, 11) is 0. The summed E-state index contributed by atoms with van der Waals surface area (Å²) in [4.78, 5) is 2.48. The van der Waals surface area contributed by atoms with Gasteiger partial charge in [0.1, 0.15) is 0 Å².